The van der Waals surface area contributed by atoms with Gasteiger partial charge in [-0.25, -0.2) is 0 Å². The van der Waals surface area contributed by atoms with Gasteiger partial charge in [-0.05, 0) is 13.0 Å². The van der Waals surface area contributed by atoms with E-state index in [0.29, 0.717) is 24.7 Å². The summed E-state index contributed by atoms with van der Waals surface area (Å²) in [6.07, 6.45) is -0.580. The van der Waals surface area contributed by atoms with Crippen molar-refractivity contribution in [2.45, 2.75) is 13.0 Å². The number of carbonyl (C=O) groups excluding carboxylic acids is 1. The zero-order valence-corrected chi connectivity index (χ0v) is 13.7. The number of piperazine rings is 1. The van der Waals surface area contributed by atoms with Gasteiger partial charge in [0.2, 0.25) is 5.91 Å². The Labute approximate surface area is 136 Å². The molecule has 0 spiro atoms. The molecule has 1 aromatic carbocycles. The number of nitrogens with one attached hydrogen (secondary N) is 1. The van der Waals surface area contributed by atoms with Crippen LogP contribution in [0.25, 0.3) is 0 Å². The highest BCUT2D eigenvalue weighted by Crippen LogP contribution is 2.23. The molecule has 5 nitrogen and oxygen atoms in total. The molecule has 122 valence electrons. The maximum atomic E-state index is 11.6. The minimum Gasteiger partial charge on any atom is -0.387 e. The second-order valence-electron chi connectivity index (χ2n) is 5.57. The fraction of sp³-hybridized carbons (Fsp3) is 0.562. The zero-order valence-electron chi connectivity index (χ0n) is 13.0. The molecule has 1 aliphatic rings. The normalized spacial score (nSPS) is 18.1. The topological polar surface area (TPSA) is 55.8 Å². The summed E-state index contributed by atoms with van der Waals surface area (Å²) in [7, 11) is 0. The van der Waals surface area contributed by atoms with E-state index in [-0.39, 0.29) is 5.91 Å². The first-order valence-corrected chi connectivity index (χ1v) is 8.12. The lowest BCUT2D eigenvalue weighted by Crippen LogP contribution is -2.50. The summed E-state index contributed by atoms with van der Waals surface area (Å²) < 4.78 is 0. The highest BCUT2D eigenvalue weighted by atomic mass is 35.5. The van der Waals surface area contributed by atoms with E-state index in [4.69, 9.17) is 11.6 Å². The van der Waals surface area contributed by atoms with E-state index in [1.807, 2.05) is 25.1 Å². The summed E-state index contributed by atoms with van der Waals surface area (Å²) in [5, 5.41) is 13.7. The van der Waals surface area contributed by atoms with Crippen LogP contribution in [-0.4, -0.2) is 66.6 Å². The van der Waals surface area contributed by atoms with Gasteiger partial charge in [0.05, 0.1) is 12.6 Å². The van der Waals surface area contributed by atoms with E-state index in [9.17, 15) is 9.90 Å². The minimum atomic E-state index is -0.580. The van der Waals surface area contributed by atoms with Crippen LogP contribution in [0, 0.1) is 0 Å². The standard InChI is InChI=1S/C16H24ClN3O2/c1-2-18-16(22)12-20-9-7-19(8-10-20)11-15(21)13-5-3-4-6-14(13)17/h3-6,15,21H,2,7-12H2,1H3,(H,18,22)/t15-/m0/s1. The number of rotatable bonds is 6. The van der Waals surface area contributed by atoms with Crippen molar-refractivity contribution in [2.24, 2.45) is 0 Å². The SMILES string of the molecule is CCNC(=O)CN1CCN(C[C@H](O)c2ccccc2Cl)CC1. The van der Waals surface area contributed by atoms with E-state index in [0.717, 1.165) is 31.7 Å². The molecule has 2 N–H and O–H groups in total. The molecule has 1 atom stereocenters. The fourth-order valence-electron chi connectivity index (χ4n) is 2.67. The molecular formula is C16H24ClN3O2. The van der Waals surface area contributed by atoms with Crippen LogP contribution >= 0.6 is 11.6 Å². The van der Waals surface area contributed by atoms with Gasteiger partial charge >= 0.3 is 0 Å². The molecule has 1 aliphatic heterocycles. The Hall–Kier alpha value is -1.14. The number of nitrogens with zero attached hydrogens (tertiary/aromatic N) is 2. The Morgan fingerprint density at radius 3 is 2.55 bits per heavy atom. The van der Waals surface area contributed by atoms with Gasteiger partial charge in [0.25, 0.3) is 0 Å². The van der Waals surface area contributed by atoms with Gasteiger partial charge in [0, 0.05) is 49.9 Å². The van der Waals surface area contributed by atoms with Crippen molar-refractivity contribution in [3.63, 3.8) is 0 Å². The average Bonchev–Trinajstić information content (AvgIpc) is 2.50. The predicted octanol–water partition coefficient (Wildman–Crippen LogP) is 1.13. The molecule has 0 unspecified atom stereocenters. The van der Waals surface area contributed by atoms with Crippen LogP contribution in [0.1, 0.15) is 18.6 Å². The van der Waals surface area contributed by atoms with Crippen LogP contribution in [0.5, 0.6) is 0 Å². The highest BCUT2D eigenvalue weighted by Gasteiger charge is 2.21. The first kappa shape index (κ1) is 17.2. The van der Waals surface area contributed by atoms with E-state index in [1.165, 1.54) is 0 Å². The molecule has 1 fully saturated rings. The van der Waals surface area contributed by atoms with Crippen LogP contribution in [0.15, 0.2) is 24.3 Å². The average molecular weight is 326 g/mol. The molecule has 0 aromatic heterocycles. The monoisotopic (exact) mass is 325 g/mol. The third-order valence-corrected chi connectivity index (χ3v) is 4.25. The van der Waals surface area contributed by atoms with Gasteiger partial charge in [0.15, 0.2) is 0 Å². The maximum Gasteiger partial charge on any atom is 0.234 e. The van der Waals surface area contributed by atoms with E-state index < -0.39 is 6.10 Å². The van der Waals surface area contributed by atoms with Crippen molar-refractivity contribution in [1.82, 2.24) is 15.1 Å². The van der Waals surface area contributed by atoms with Crippen LogP contribution in [0.2, 0.25) is 5.02 Å². The number of hydrogen-bond acceptors (Lipinski definition) is 4. The molecule has 6 heteroatoms. The third-order valence-electron chi connectivity index (χ3n) is 3.90. The molecule has 0 aliphatic carbocycles. The van der Waals surface area contributed by atoms with Crippen LogP contribution < -0.4 is 5.32 Å². The van der Waals surface area contributed by atoms with Crippen LogP contribution in [-0.2, 0) is 4.79 Å². The predicted molar refractivity (Wildman–Crippen MR) is 88.0 cm³/mol. The minimum absolute atomic E-state index is 0.0760. The maximum absolute atomic E-state index is 11.6. The van der Waals surface area contributed by atoms with Gasteiger partial charge in [-0.15, -0.1) is 0 Å². The molecule has 0 bridgehead atoms. The lowest BCUT2D eigenvalue weighted by Gasteiger charge is -2.35. The first-order valence-electron chi connectivity index (χ1n) is 7.74. The number of likely N-dealkylation sites (N-methyl/N-ethyl adjacent to an activating group) is 1. The summed E-state index contributed by atoms with van der Waals surface area (Å²) in [4.78, 5) is 15.9. The number of amides is 1. The molecule has 1 aromatic rings. The van der Waals surface area contributed by atoms with Crippen molar-refractivity contribution < 1.29 is 9.90 Å². The highest BCUT2D eigenvalue weighted by molar-refractivity contribution is 6.31. The number of hydrogen-bond donors (Lipinski definition) is 2. The largest absolute Gasteiger partial charge is 0.387 e. The Kier molecular flexibility index (Phi) is 6.64. The number of halogens is 1. The molecule has 1 heterocycles. The second-order valence-corrected chi connectivity index (χ2v) is 5.97. The zero-order chi connectivity index (χ0) is 15.9. The van der Waals surface area contributed by atoms with Crippen molar-refractivity contribution in [1.29, 1.82) is 0 Å². The Morgan fingerprint density at radius 1 is 1.27 bits per heavy atom. The van der Waals surface area contributed by atoms with Crippen LogP contribution in [0.4, 0.5) is 0 Å². The Morgan fingerprint density at radius 2 is 1.91 bits per heavy atom. The van der Waals surface area contributed by atoms with Gasteiger partial charge < -0.3 is 10.4 Å². The van der Waals surface area contributed by atoms with Crippen molar-refractivity contribution in [2.75, 3.05) is 45.8 Å². The molecule has 0 radical (unpaired) electrons. The Bertz CT molecular complexity index is 490. The Balaban J connectivity index is 1.78. The quantitative estimate of drug-likeness (QED) is 0.823. The summed E-state index contributed by atoms with van der Waals surface area (Å²) in [6, 6.07) is 7.40. The van der Waals surface area contributed by atoms with Gasteiger partial charge in [-0.1, -0.05) is 29.8 Å². The van der Waals surface area contributed by atoms with Crippen molar-refractivity contribution in [3.8, 4) is 0 Å². The van der Waals surface area contributed by atoms with Gasteiger partial charge in [-0.3, -0.25) is 14.6 Å². The number of aliphatic hydroxyl groups excluding tert-OH is 1. The number of aliphatic hydroxyl groups is 1. The molecule has 0 saturated carbocycles. The number of benzene rings is 1. The summed E-state index contributed by atoms with van der Waals surface area (Å²) in [6.45, 7) is 6.99. The van der Waals surface area contributed by atoms with Gasteiger partial charge in [0.1, 0.15) is 0 Å². The molecule has 1 saturated heterocycles. The van der Waals surface area contributed by atoms with E-state index in [1.54, 1.807) is 6.07 Å². The lowest BCUT2D eigenvalue weighted by atomic mass is 10.1. The van der Waals surface area contributed by atoms with E-state index in [2.05, 4.69) is 15.1 Å². The first-order chi connectivity index (χ1) is 10.6. The third kappa shape index (κ3) is 4.95. The molecule has 1 amide bonds. The lowest BCUT2D eigenvalue weighted by molar-refractivity contribution is -0.122. The summed E-state index contributed by atoms with van der Waals surface area (Å²) in [5.74, 6) is 0.0760. The van der Waals surface area contributed by atoms with Crippen LogP contribution in [0.3, 0.4) is 0 Å². The smallest absolute Gasteiger partial charge is 0.234 e. The molecular weight excluding hydrogens is 302 g/mol. The second kappa shape index (κ2) is 8.48. The summed E-state index contributed by atoms with van der Waals surface area (Å²) in [5.41, 5.74) is 0.772. The fourth-order valence-corrected chi connectivity index (χ4v) is 2.94. The molecule has 22 heavy (non-hydrogen) atoms. The summed E-state index contributed by atoms with van der Waals surface area (Å²) >= 11 is 6.12. The van der Waals surface area contributed by atoms with Crippen molar-refractivity contribution in [3.05, 3.63) is 34.9 Å². The van der Waals surface area contributed by atoms with E-state index >= 15 is 0 Å². The number of β-amino-alcohol motifs (C(OH)–C–C–N with tert-alkyl or cyclic N) is 1. The molecule has 2 rings (SSSR count). The number of carbonyl (C=O) groups is 1. The van der Waals surface area contributed by atoms with Crippen molar-refractivity contribution >= 4 is 17.5 Å². The van der Waals surface area contributed by atoms with Gasteiger partial charge in [-0.2, -0.15) is 0 Å².